The molecule has 1 aliphatic carbocycles. The van der Waals surface area contributed by atoms with Crippen LogP contribution in [0.4, 0.5) is 10.5 Å². The summed E-state index contributed by atoms with van der Waals surface area (Å²) >= 11 is 6.03. The molecule has 11 heteroatoms. The number of hydrogen-bond acceptors (Lipinski definition) is 7. The van der Waals surface area contributed by atoms with Crippen LogP contribution in [0.15, 0.2) is 47.4 Å². The van der Waals surface area contributed by atoms with E-state index in [4.69, 9.17) is 21.1 Å². The van der Waals surface area contributed by atoms with E-state index >= 15 is 0 Å². The molecule has 1 saturated carbocycles. The molecule has 2 amide bonds. The van der Waals surface area contributed by atoms with E-state index in [1.165, 1.54) is 23.1 Å². The van der Waals surface area contributed by atoms with Crippen molar-refractivity contribution in [3.8, 4) is 0 Å². The van der Waals surface area contributed by atoms with Gasteiger partial charge in [0.1, 0.15) is 18.2 Å². The first-order valence-corrected chi connectivity index (χ1v) is 15.4. The molecule has 1 heterocycles. The predicted molar refractivity (Wildman–Crippen MR) is 151 cm³/mol. The minimum absolute atomic E-state index is 0.0127. The van der Waals surface area contributed by atoms with Crippen LogP contribution in [0, 0.1) is 0 Å². The van der Waals surface area contributed by atoms with Crippen molar-refractivity contribution in [2.45, 2.75) is 82.1 Å². The van der Waals surface area contributed by atoms with Crippen molar-refractivity contribution in [1.29, 1.82) is 0 Å². The van der Waals surface area contributed by atoms with Crippen molar-refractivity contribution in [2.75, 3.05) is 17.3 Å². The average molecular weight is 591 g/mol. The third-order valence-electron chi connectivity index (χ3n) is 6.80. The lowest BCUT2D eigenvalue weighted by atomic mass is 9.98. The van der Waals surface area contributed by atoms with Gasteiger partial charge >= 0.3 is 6.09 Å². The summed E-state index contributed by atoms with van der Waals surface area (Å²) in [4.78, 5) is 40.6. The van der Waals surface area contributed by atoms with Crippen LogP contribution in [0.5, 0.6) is 0 Å². The van der Waals surface area contributed by atoms with E-state index in [1.54, 1.807) is 45.0 Å². The van der Waals surface area contributed by atoms with Crippen LogP contribution < -0.4 is 10.2 Å². The van der Waals surface area contributed by atoms with Crippen molar-refractivity contribution in [3.63, 3.8) is 0 Å². The molecule has 0 aromatic heterocycles. The Morgan fingerprint density at radius 3 is 2.38 bits per heavy atom. The number of rotatable bonds is 7. The monoisotopic (exact) mass is 590 g/mol. The highest BCUT2D eigenvalue weighted by Crippen LogP contribution is 2.33. The van der Waals surface area contributed by atoms with Gasteiger partial charge in [0, 0.05) is 10.6 Å². The molecule has 1 fully saturated rings. The Balaban J connectivity index is 1.68. The highest BCUT2D eigenvalue weighted by molar-refractivity contribution is 7.91. The number of amides is 2. The van der Waals surface area contributed by atoms with Gasteiger partial charge in [-0.25, -0.2) is 13.2 Å². The van der Waals surface area contributed by atoms with Crippen LogP contribution in [0.3, 0.4) is 0 Å². The number of carbonyl (C=O) groups excluding carboxylic acids is 3. The molecule has 216 valence electrons. The number of carbonyl (C=O) groups is 3. The van der Waals surface area contributed by atoms with Gasteiger partial charge in [0.15, 0.2) is 15.6 Å². The Kier molecular flexibility index (Phi) is 9.22. The largest absolute Gasteiger partial charge is 0.444 e. The minimum atomic E-state index is -4.05. The SMILES string of the molecule is CC(C)(C)OC(=O)N[C@H]1CS(=O)(=O)c2ccc(C(=O)COC3CCCCC3)cc2N(Cc2ccc(Cl)cc2)C1=O. The molecule has 2 aromatic carbocycles. The predicted octanol–water partition coefficient (Wildman–Crippen LogP) is 5.09. The molecule has 1 atom stereocenters. The van der Waals surface area contributed by atoms with E-state index in [0.717, 1.165) is 32.1 Å². The average Bonchev–Trinajstić information content (AvgIpc) is 2.96. The zero-order valence-electron chi connectivity index (χ0n) is 22.9. The third-order valence-corrected chi connectivity index (χ3v) is 8.84. The fourth-order valence-electron chi connectivity index (χ4n) is 4.85. The summed E-state index contributed by atoms with van der Waals surface area (Å²) in [6, 6.07) is 9.56. The lowest BCUT2D eigenvalue weighted by molar-refractivity contribution is -0.120. The number of alkyl carbamates (subject to hydrolysis) is 1. The minimum Gasteiger partial charge on any atom is -0.444 e. The Bertz CT molecular complexity index is 1360. The van der Waals surface area contributed by atoms with Crippen molar-refractivity contribution in [2.24, 2.45) is 0 Å². The number of anilines is 1. The maximum absolute atomic E-state index is 13.8. The van der Waals surface area contributed by atoms with E-state index in [0.29, 0.717) is 10.6 Å². The molecule has 1 aliphatic heterocycles. The first-order valence-electron chi connectivity index (χ1n) is 13.4. The summed E-state index contributed by atoms with van der Waals surface area (Å²) in [5.41, 5.74) is 0.128. The van der Waals surface area contributed by atoms with Gasteiger partial charge in [-0.1, -0.05) is 43.0 Å². The van der Waals surface area contributed by atoms with Gasteiger partial charge in [0.25, 0.3) is 5.91 Å². The molecule has 4 rings (SSSR count). The summed E-state index contributed by atoms with van der Waals surface area (Å²) in [7, 11) is -4.05. The van der Waals surface area contributed by atoms with Crippen LogP contribution in [-0.4, -0.2) is 56.3 Å². The van der Waals surface area contributed by atoms with E-state index in [9.17, 15) is 22.8 Å². The molecule has 2 aromatic rings. The zero-order valence-corrected chi connectivity index (χ0v) is 24.5. The Hall–Kier alpha value is -2.95. The van der Waals surface area contributed by atoms with Gasteiger partial charge in [-0.3, -0.25) is 9.59 Å². The lowest BCUT2D eigenvalue weighted by Crippen LogP contribution is -2.51. The molecule has 2 aliphatic rings. The summed E-state index contributed by atoms with van der Waals surface area (Å²) < 4.78 is 38.1. The molecule has 40 heavy (non-hydrogen) atoms. The highest BCUT2D eigenvalue weighted by Gasteiger charge is 2.39. The molecule has 0 radical (unpaired) electrons. The second-order valence-electron chi connectivity index (χ2n) is 11.2. The van der Waals surface area contributed by atoms with Gasteiger partial charge in [-0.05, 0) is 69.5 Å². The highest BCUT2D eigenvalue weighted by atomic mass is 35.5. The standard InChI is InChI=1S/C29H35ClN2O7S/c1-29(2,3)39-28(35)31-23-18-40(36,37)26-14-11-20(25(33)17-38-22-7-5-4-6-8-22)15-24(26)32(27(23)34)16-19-9-12-21(30)13-10-19/h9-15,22-23H,4-8,16-18H2,1-3H3,(H,31,35)/t23-/m0/s1. The van der Waals surface area contributed by atoms with Crippen molar-refractivity contribution in [3.05, 3.63) is 58.6 Å². The van der Waals surface area contributed by atoms with Gasteiger partial charge in [0.2, 0.25) is 0 Å². The maximum Gasteiger partial charge on any atom is 0.408 e. The number of fused-ring (bicyclic) bond motifs is 1. The number of halogens is 1. The van der Waals surface area contributed by atoms with Crippen LogP contribution >= 0.6 is 11.6 Å². The molecule has 0 spiro atoms. The topological polar surface area (TPSA) is 119 Å². The number of Topliss-reactive ketones (excluding diaryl/α,β-unsaturated/α-hetero) is 1. The van der Waals surface area contributed by atoms with Crippen molar-refractivity contribution in [1.82, 2.24) is 5.32 Å². The van der Waals surface area contributed by atoms with Gasteiger partial charge in [-0.2, -0.15) is 0 Å². The fraction of sp³-hybridized carbons (Fsp3) is 0.483. The summed E-state index contributed by atoms with van der Waals surface area (Å²) in [5, 5.41) is 2.94. The van der Waals surface area contributed by atoms with Crippen LogP contribution in [0.25, 0.3) is 0 Å². The molecular formula is C29H35ClN2O7S. The number of ether oxygens (including phenoxy) is 2. The fourth-order valence-corrected chi connectivity index (χ4v) is 6.58. The number of ketones is 1. The van der Waals surface area contributed by atoms with Gasteiger partial charge < -0.3 is 19.7 Å². The smallest absolute Gasteiger partial charge is 0.408 e. The molecule has 0 bridgehead atoms. The number of nitrogens with zero attached hydrogens (tertiary/aromatic N) is 1. The Labute approximate surface area is 240 Å². The Morgan fingerprint density at radius 1 is 1.05 bits per heavy atom. The summed E-state index contributed by atoms with van der Waals surface area (Å²) in [6.07, 6.45) is 4.23. The second kappa shape index (κ2) is 12.3. The molecule has 9 nitrogen and oxygen atoms in total. The van der Waals surface area contributed by atoms with E-state index in [1.807, 2.05) is 0 Å². The van der Waals surface area contributed by atoms with Crippen molar-refractivity contribution < 1.29 is 32.3 Å². The molecular weight excluding hydrogens is 556 g/mol. The second-order valence-corrected chi connectivity index (χ2v) is 13.6. The molecule has 0 saturated heterocycles. The van der Waals surface area contributed by atoms with Crippen molar-refractivity contribution >= 4 is 44.9 Å². The number of hydrogen-bond donors (Lipinski definition) is 1. The van der Waals surface area contributed by atoms with Gasteiger partial charge in [0.05, 0.1) is 29.0 Å². The van der Waals surface area contributed by atoms with E-state index in [-0.39, 0.29) is 41.2 Å². The normalized spacial score (nSPS) is 19.4. The number of nitrogens with one attached hydrogen (secondary N) is 1. The quantitative estimate of drug-likeness (QED) is 0.446. The van der Waals surface area contributed by atoms with Crippen LogP contribution in [0.2, 0.25) is 5.02 Å². The number of benzene rings is 2. The van der Waals surface area contributed by atoms with E-state index < -0.39 is 39.2 Å². The lowest BCUT2D eigenvalue weighted by Gasteiger charge is -2.27. The maximum atomic E-state index is 13.8. The summed E-state index contributed by atoms with van der Waals surface area (Å²) in [6.45, 7) is 4.84. The zero-order chi connectivity index (χ0) is 29.1. The van der Waals surface area contributed by atoms with Crippen LogP contribution in [-0.2, 0) is 30.7 Å². The van der Waals surface area contributed by atoms with Gasteiger partial charge in [-0.15, -0.1) is 0 Å². The molecule has 0 unspecified atom stereocenters. The van der Waals surface area contributed by atoms with E-state index in [2.05, 4.69) is 5.32 Å². The summed E-state index contributed by atoms with van der Waals surface area (Å²) in [5.74, 6) is -1.61. The first kappa shape index (κ1) is 30.0. The Morgan fingerprint density at radius 2 is 1.73 bits per heavy atom. The third kappa shape index (κ3) is 7.62. The van der Waals surface area contributed by atoms with Crippen LogP contribution in [0.1, 0.15) is 68.8 Å². The molecule has 1 N–H and O–H groups in total. The first-order chi connectivity index (χ1) is 18.8. The number of sulfone groups is 1.